The second-order valence-corrected chi connectivity index (χ2v) is 3.21. The molecule has 0 saturated heterocycles. The molecule has 0 bridgehead atoms. The topological polar surface area (TPSA) is 53.1 Å². The van der Waals surface area contributed by atoms with E-state index in [9.17, 15) is 4.79 Å². The molecular weight excluding hydrogens is 178 g/mol. The number of fused-ring (bicyclic) bond motifs is 1. The summed E-state index contributed by atoms with van der Waals surface area (Å²) in [5, 5.41) is 9.90. The lowest BCUT2D eigenvalue weighted by Crippen LogP contribution is -1.88. The summed E-state index contributed by atoms with van der Waals surface area (Å²) >= 11 is 0. The van der Waals surface area contributed by atoms with Crippen molar-refractivity contribution in [3.63, 3.8) is 0 Å². The van der Waals surface area contributed by atoms with E-state index in [-0.39, 0.29) is 6.61 Å². The Morgan fingerprint density at radius 1 is 1.43 bits per heavy atom. The number of H-pyrrole nitrogens is 1. The fourth-order valence-electron chi connectivity index (χ4n) is 1.60. The first-order chi connectivity index (χ1) is 6.85. The van der Waals surface area contributed by atoms with Crippen molar-refractivity contribution in [1.29, 1.82) is 0 Å². The Labute approximate surface area is 81.4 Å². The maximum absolute atomic E-state index is 10.5. The largest absolute Gasteiger partial charge is 0.396 e. The molecule has 0 radical (unpaired) electrons. The first-order valence-corrected chi connectivity index (χ1v) is 4.51. The Hall–Kier alpha value is -1.61. The van der Waals surface area contributed by atoms with Crippen LogP contribution in [0.3, 0.4) is 0 Å². The van der Waals surface area contributed by atoms with Crippen molar-refractivity contribution >= 4 is 17.2 Å². The minimum atomic E-state index is 0.141. The number of nitrogens with one attached hydrogen (secondary N) is 1. The highest BCUT2D eigenvalue weighted by Crippen LogP contribution is 2.19. The molecule has 0 aliphatic rings. The minimum absolute atomic E-state index is 0.141. The Morgan fingerprint density at radius 2 is 2.29 bits per heavy atom. The fourth-order valence-corrected chi connectivity index (χ4v) is 1.60. The Kier molecular flexibility index (Phi) is 2.33. The lowest BCUT2D eigenvalue weighted by Gasteiger charge is -1.95. The molecule has 2 rings (SSSR count). The highest BCUT2D eigenvalue weighted by atomic mass is 16.2. The molecule has 2 aromatic rings. The zero-order valence-electron chi connectivity index (χ0n) is 7.66. The Balaban J connectivity index is 2.53. The third-order valence-electron chi connectivity index (χ3n) is 2.31. The van der Waals surface area contributed by atoms with Gasteiger partial charge in [-0.25, -0.2) is 0 Å². The van der Waals surface area contributed by atoms with Gasteiger partial charge in [0.25, 0.3) is 0 Å². The molecule has 1 heterocycles. The molecule has 0 fully saturated rings. The summed E-state index contributed by atoms with van der Waals surface area (Å²) in [4.78, 5) is 13.6. The lowest BCUT2D eigenvalue weighted by atomic mass is 10.1. The molecule has 0 amide bonds. The van der Waals surface area contributed by atoms with Gasteiger partial charge in [-0.05, 0) is 18.1 Å². The predicted molar refractivity (Wildman–Crippen MR) is 54.5 cm³/mol. The van der Waals surface area contributed by atoms with Crippen molar-refractivity contribution in [2.75, 3.05) is 6.61 Å². The van der Waals surface area contributed by atoms with E-state index in [1.54, 1.807) is 6.07 Å². The van der Waals surface area contributed by atoms with Crippen molar-refractivity contribution < 1.29 is 9.90 Å². The van der Waals surface area contributed by atoms with Gasteiger partial charge in [-0.2, -0.15) is 0 Å². The number of carbonyl (C=O) groups excluding carboxylic acids is 1. The Morgan fingerprint density at radius 3 is 3.00 bits per heavy atom. The molecule has 1 aromatic carbocycles. The zero-order valence-corrected chi connectivity index (χ0v) is 7.66. The molecule has 1 aromatic heterocycles. The lowest BCUT2D eigenvalue weighted by molar-refractivity contribution is 0.112. The van der Waals surface area contributed by atoms with Crippen LogP contribution >= 0.6 is 0 Å². The van der Waals surface area contributed by atoms with Crippen LogP contribution < -0.4 is 0 Å². The van der Waals surface area contributed by atoms with E-state index in [4.69, 9.17) is 5.11 Å². The van der Waals surface area contributed by atoms with Crippen LogP contribution in [-0.2, 0) is 6.42 Å². The standard InChI is InChI=1S/C11H11NO2/c13-4-3-9-6-12-11-5-8(7-14)1-2-10(9)11/h1-2,5-7,12-13H,3-4H2. The van der Waals surface area contributed by atoms with Gasteiger partial charge in [0.15, 0.2) is 0 Å². The number of aldehydes is 1. The molecule has 0 saturated carbocycles. The summed E-state index contributed by atoms with van der Waals surface area (Å²) in [5.41, 5.74) is 2.69. The molecule has 14 heavy (non-hydrogen) atoms. The van der Waals surface area contributed by atoms with E-state index in [2.05, 4.69) is 4.98 Å². The van der Waals surface area contributed by atoms with Crippen LogP contribution in [0.15, 0.2) is 24.4 Å². The molecule has 3 heteroatoms. The zero-order chi connectivity index (χ0) is 9.97. The van der Waals surface area contributed by atoms with E-state index in [1.165, 1.54) is 0 Å². The molecule has 2 N–H and O–H groups in total. The summed E-state index contributed by atoms with van der Waals surface area (Å²) in [6, 6.07) is 5.49. The summed E-state index contributed by atoms with van der Waals surface area (Å²) in [7, 11) is 0. The predicted octanol–water partition coefficient (Wildman–Crippen LogP) is 1.52. The summed E-state index contributed by atoms with van der Waals surface area (Å²) in [6.07, 6.45) is 3.34. The molecule has 3 nitrogen and oxygen atoms in total. The third-order valence-corrected chi connectivity index (χ3v) is 2.31. The van der Waals surface area contributed by atoms with Crippen molar-refractivity contribution in [3.8, 4) is 0 Å². The van der Waals surface area contributed by atoms with Gasteiger partial charge in [-0.3, -0.25) is 4.79 Å². The number of carbonyl (C=O) groups is 1. The van der Waals surface area contributed by atoms with Gasteiger partial charge in [-0.1, -0.05) is 12.1 Å². The van der Waals surface area contributed by atoms with Gasteiger partial charge in [0, 0.05) is 29.3 Å². The van der Waals surface area contributed by atoms with Crippen LogP contribution in [-0.4, -0.2) is 23.0 Å². The van der Waals surface area contributed by atoms with Gasteiger partial charge < -0.3 is 10.1 Å². The van der Waals surface area contributed by atoms with Gasteiger partial charge in [0.1, 0.15) is 6.29 Å². The number of aromatic amines is 1. The van der Waals surface area contributed by atoms with Gasteiger partial charge >= 0.3 is 0 Å². The van der Waals surface area contributed by atoms with Crippen LogP contribution in [0, 0.1) is 0 Å². The Bertz CT molecular complexity index is 459. The molecule has 72 valence electrons. The van der Waals surface area contributed by atoms with Crippen LogP contribution in [0.1, 0.15) is 15.9 Å². The third kappa shape index (κ3) is 1.42. The van der Waals surface area contributed by atoms with Gasteiger partial charge in [0.2, 0.25) is 0 Å². The first kappa shape index (κ1) is 8.97. The smallest absolute Gasteiger partial charge is 0.150 e. The quantitative estimate of drug-likeness (QED) is 0.719. The SMILES string of the molecule is O=Cc1ccc2c(CCO)c[nH]c2c1. The molecule has 0 unspecified atom stereocenters. The molecular formula is C11H11NO2. The normalized spacial score (nSPS) is 10.6. The highest BCUT2D eigenvalue weighted by Gasteiger charge is 2.03. The highest BCUT2D eigenvalue weighted by molar-refractivity contribution is 5.89. The second kappa shape index (κ2) is 3.64. The van der Waals surface area contributed by atoms with Crippen molar-refractivity contribution in [3.05, 3.63) is 35.5 Å². The van der Waals surface area contributed by atoms with E-state index < -0.39 is 0 Å². The average Bonchev–Trinajstić information content (AvgIpc) is 2.61. The first-order valence-electron chi connectivity index (χ1n) is 4.51. The molecule has 0 aliphatic heterocycles. The second-order valence-electron chi connectivity index (χ2n) is 3.21. The molecule has 0 atom stereocenters. The van der Waals surface area contributed by atoms with Crippen LogP contribution in [0.25, 0.3) is 10.9 Å². The monoisotopic (exact) mass is 189 g/mol. The van der Waals surface area contributed by atoms with Gasteiger partial charge in [0.05, 0.1) is 0 Å². The van der Waals surface area contributed by atoms with Crippen LogP contribution in [0.5, 0.6) is 0 Å². The van der Waals surface area contributed by atoms with Gasteiger partial charge in [-0.15, -0.1) is 0 Å². The average molecular weight is 189 g/mol. The number of benzene rings is 1. The van der Waals surface area contributed by atoms with E-state index in [0.717, 1.165) is 22.8 Å². The molecule has 0 aliphatic carbocycles. The summed E-state index contributed by atoms with van der Waals surface area (Å²) in [6.45, 7) is 0.141. The maximum atomic E-state index is 10.5. The van der Waals surface area contributed by atoms with Crippen molar-refractivity contribution in [2.45, 2.75) is 6.42 Å². The van der Waals surface area contributed by atoms with E-state index in [1.807, 2.05) is 18.3 Å². The maximum Gasteiger partial charge on any atom is 0.150 e. The van der Waals surface area contributed by atoms with E-state index in [0.29, 0.717) is 12.0 Å². The fraction of sp³-hybridized carbons (Fsp3) is 0.182. The summed E-state index contributed by atoms with van der Waals surface area (Å²) < 4.78 is 0. The molecule has 0 spiro atoms. The van der Waals surface area contributed by atoms with E-state index >= 15 is 0 Å². The summed E-state index contributed by atoms with van der Waals surface area (Å²) in [5.74, 6) is 0. The van der Waals surface area contributed by atoms with Crippen LogP contribution in [0.4, 0.5) is 0 Å². The number of aliphatic hydroxyl groups is 1. The number of aliphatic hydroxyl groups excluding tert-OH is 1. The number of aromatic nitrogens is 1. The number of hydrogen-bond donors (Lipinski definition) is 2. The number of rotatable bonds is 3. The van der Waals surface area contributed by atoms with Crippen molar-refractivity contribution in [1.82, 2.24) is 4.98 Å². The number of hydrogen-bond acceptors (Lipinski definition) is 2. The van der Waals surface area contributed by atoms with Crippen LogP contribution in [0.2, 0.25) is 0 Å². The van der Waals surface area contributed by atoms with Crippen molar-refractivity contribution in [2.24, 2.45) is 0 Å². The minimum Gasteiger partial charge on any atom is -0.396 e.